The van der Waals surface area contributed by atoms with Crippen LogP contribution in [0.1, 0.15) is 0 Å². The maximum atomic E-state index is 12.4. The van der Waals surface area contributed by atoms with Crippen LogP contribution in [0.4, 0.5) is 0 Å². The molecule has 0 unspecified atom stereocenters. The second-order valence-electron chi connectivity index (χ2n) is 4.44. The summed E-state index contributed by atoms with van der Waals surface area (Å²) in [6.45, 7) is 0. The molecule has 2 aromatic carbocycles. The van der Waals surface area contributed by atoms with E-state index in [1.165, 1.54) is 0 Å². The molecular weight excluding hydrogens is 356 g/mol. The lowest BCUT2D eigenvalue weighted by Gasteiger charge is -2.07. The second-order valence-corrected chi connectivity index (χ2v) is 5.67. The topological polar surface area (TPSA) is 39.4 Å². The van der Waals surface area contributed by atoms with Gasteiger partial charge in [0, 0.05) is 16.7 Å². The summed E-state index contributed by atoms with van der Waals surface area (Å²) in [5, 5.41) is 1.13. The molecular formula is C16H10BrClO3. The normalized spacial score (nSPS) is 10.8. The summed E-state index contributed by atoms with van der Waals surface area (Å²) in [6.07, 6.45) is 0. The molecule has 0 spiro atoms. The largest absolute Gasteiger partial charge is 0.497 e. The number of hydrogen-bond donors (Lipinski definition) is 0. The van der Waals surface area contributed by atoms with Gasteiger partial charge in [0.25, 0.3) is 0 Å². The Kier molecular flexibility index (Phi) is 3.74. The maximum Gasteiger partial charge on any atom is 0.207 e. The van der Waals surface area contributed by atoms with Crippen LogP contribution in [0.15, 0.2) is 56.1 Å². The third-order valence-corrected chi connectivity index (χ3v) is 4.12. The molecule has 21 heavy (non-hydrogen) atoms. The minimum Gasteiger partial charge on any atom is -0.497 e. The highest BCUT2D eigenvalue weighted by Crippen LogP contribution is 2.31. The smallest absolute Gasteiger partial charge is 0.207 e. The average Bonchev–Trinajstić information content (AvgIpc) is 2.51. The van der Waals surface area contributed by atoms with Crippen molar-refractivity contribution >= 4 is 38.5 Å². The summed E-state index contributed by atoms with van der Waals surface area (Å²) in [6, 6.07) is 12.2. The third kappa shape index (κ3) is 2.57. The van der Waals surface area contributed by atoms with Crippen LogP contribution in [-0.4, -0.2) is 7.11 Å². The summed E-state index contributed by atoms with van der Waals surface area (Å²) in [5.41, 5.74) is 1.13. The summed E-state index contributed by atoms with van der Waals surface area (Å²) in [4.78, 5) is 12.4. The Bertz CT molecular complexity index is 869. The number of halogens is 2. The summed E-state index contributed by atoms with van der Waals surface area (Å²) in [7, 11) is 1.57. The van der Waals surface area contributed by atoms with Crippen molar-refractivity contribution in [2.45, 2.75) is 0 Å². The minimum atomic E-state index is -0.121. The van der Waals surface area contributed by atoms with Gasteiger partial charge < -0.3 is 9.15 Å². The van der Waals surface area contributed by atoms with E-state index in [4.69, 9.17) is 20.8 Å². The van der Waals surface area contributed by atoms with E-state index in [2.05, 4.69) is 15.9 Å². The Morgan fingerprint density at radius 3 is 2.52 bits per heavy atom. The summed E-state index contributed by atoms with van der Waals surface area (Å²) in [5.74, 6) is 1.10. The number of methoxy groups -OCH3 is 1. The number of hydrogen-bond acceptors (Lipinski definition) is 3. The molecule has 0 atom stereocenters. The third-order valence-electron chi connectivity index (χ3n) is 3.15. The van der Waals surface area contributed by atoms with Crippen molar-refractivity contribution < 1.29 is 9.15 Å². The predicted octanol–water partition coefficient (Wildman–Crippen LogP) is 4.88. The van der Waals surface area contributed by atoms with E-state index in [-0.39, 0.29) is 5.43 Å². The van der Waals surface area contributed by atoms with Crippen LogP contribution in [0, 0.1) is 0 Å². The van der Waals surface area contributed by atoms with Gasteiger partial charge in [0.2, 0.25) is 5.43 Å². The van der Waals surface area contributed by atoms with Crippen LogP contribution in [0.2, 0.25) is 5.02 Å². The molecule has 0 amide bonds. The van der Waals surface area contributed by atoms with Gasteiger partial charge in [0.1, 0.15) is 15.8 Å². The maximum absolute atomic E-state index is 12.4. The first-order valence-corrected chi connectivity index (χ1v) is 7.33. The molecule has 3 nitrogen and oxygen atoms in total. The van der Waals surface area contributed by atoms with Gasteiger partial charge in [-0.05, 0) is 52.3 Å². The van der Waals surface area contributed by atoms with Crippen molar-refractivity contribution in [1.82, 2.24) is 0 Å². The number of rotatable bonds is 2. The minimum absolute atomic E-state index is 0.121. The first-order chi connectivity index (χ1) is 10.1. The predicted molar refractivity (Wildman–Crippen MR) is 87.2 cm³/mol. The zero-order chi connectivity index (χ0) is 15.0. The fraction of sp³-hybridized carbons (Fsp3) is 0.0625. The first kappa shape index (κ1) is 14.2. The fourth-order valence-corrected chi connectivity index (χ4v) is 2.71. The molecule has 5 heteroatoms. The van der Waals surface area contributed by atoms with Crippen molar-refractivity contribution in [1.29, 1.82) is 0 Å². The van der Waals surface area contributed by atoms with Crippen LogP contribution < -0.4 is 10.2 Å². The lowest BCUT2D eigenvalue weighted by Crippen LogP contribution is -2.04. The second kappa shape index (κ2) is 5.54. The lowest BCUT2D eigenvalue weighted by molar-refractivity contribution is 0.414. The molecule has 0 saturated carbocycles. The highest BCUT2D eigenvalue weighted by atomic mass is 79.9. The SMILES string of the molecule is COc1ccc2c(=O)c(Br)c(-c3ccc(Cl)cc3)oc2c1. The van der Waals surface area contributed by atoms with Crippen molar-refractivity contribution in [2.75, 3.05) is 7.11 Å². The Morgan fingerprint density at radius 2 is 1.86 bits per heavy atom. The van der Waals surface area contributed by atoms with E-state index in [0.717, 1.165) is 5.56 Å². The van der Waals surface area contributed by atoms with Crippen molar-refractivity contribution in [3.63, 3.8) is 0 Å². The molecule has 3 rings (SSSR count). The highest BCUT2D eigenvalue weighted by Gasteiger charge is 2.14. The zero-order valence-electron chi connectivity index (χ0n) is 11.0. The van der Waals surface area contributed by atoms with Gasteiger partial charge in [-0.3, -0.25) is 4.79 Å². The van der Waals surface area contributed by atoms with Gasteiger partial charge in [-0.1, -0.05) is 11.6 Å². The van der Waals surface area contributed by atoms with Crippen LogP contribution in [0.3, 0.4) is 0 Å². The molecule has 0 radical (unpaired) electrons. The molecule has 1 aromatic heterocycles. The standard InChI is InChI=1S/C16H10BrClO3/c1-20-11-6-7-12-13(8-11)21-16(14(17)15(12)19)9-2-4-10(18)5-3-9/h2-8H,1H3. The van der Waals surface area contributed by atoms with Gasteiger partial charge in [-0.2, -0.15) is 0 Å². The van der Waals surface area contributed by atoms with Gasteiger partial charge in [0.15, 0.2) is 5.76 Å². The van der Waals surface area contributed by atoms with Gasteiger partial charge in [-0.15, -0.1) is 0 Å². The fourth-order valence-electron chi connectivity index (χ4n) is 2.06. The number of benzene rings is 2. The molecule has 0 aliphatic rings. The summed E-state index contributed by atoms with van der Waals surface area (Å²) >= 11 is 9.21. The quantitative estimate of drug-likeness (QED) is 0.649. The van der Waals surface area contributed by atoms with E-state index in [1.807, 2.05) is 0 Å². The van der Waals surface area contributed by atoms with Gasteiger partial charge in [-0.25, -0.2) is 0 Å². The molecule has 0 aliphatic heterocycles. The van der Waals surface area contributed by atoms with Gasteiger partial charge in [0.05, 0.1) is 12.5 Å². The van der Waals surface area contributed by atoms with Crippen molar-refractivity contribution in [3.8, 4) is 17.1 Å². The van der Waals surface area contributed by atoms with Crippen molar-refractivity contribution in [2.24, 2.45) is 0 Å². The molecule has 106 valence electrons. The average molecular weight is 366 g/mol. The Hall–Kier alpha value is -1.78. The zero-order valence-corrected chi connectivity index (χ0v) is 13.4. The van der Waals surface area contributed by atoms with Crippen LogP contribution >= 0.6 is 27.5 Å². The van der Waals surface area contributed by atoms with Gasteiger partial charge >= 0.3 is 0 Å². The Balaban J connectivity index is 2.30. The van der Waals surface area contributed by atoms with E-state index >= 15 is 0 Å². The van der Waals surface area contributed by atoms with Crippen LogP contribution in [0.25, 0.3) is 22.3 Å². The Morgan fingerprint density at radius 1 is 1.14 bits per heavy atom. The Labute approximate surface area is 134 Å². The molecule has 0 N–H and O–H groups in total. The van der Waals surface area contributed by atoms with Crippen LogP contribution in [-0.2, 0) is 0 Å². The van der Waals surface area contributed by atoms with E-state index in [9.17, 15) is 4.79 Å². The molecule has 0 bridgehead atoms. The summed E-state index contributed by atoms with van der Waals surface area (Å²) < 4.78 is 11.4. The molecule has 3 aromatic rings. The molecule has 0 fully saturated rings. The van der Waals surface area contributed by atoms with E-state index < -0.39 is 0 Å². The lowest BCUT2D eigenvalue weighted by atomic mass is 10.1. The number of ether oxygens (including phenoxy) is 1. The highest BCUT2D eigenvalue weighted by molar-refractivity contribution is 9.10. The first-order valence-electron chi connectivity index (χ1n) is 6.16. The van der Waals surface area contributed by atoms with E-state index in [1.54, 1.807) is 49.6 Å². The monoisotopic (exact) mass is 364 g/mol. The molecule has 0 saturated heterocycles. The molecule has 0 aliphatic carbocycles. The van der Waals surface area contributed by atoms with Crippen LogP contribution in [0.5, 0.6) is 5.75 Å². The molecule has 1 heterocycles. The van der Waals surface area contributed by atoms with E-state index in [0.29, 0.717) is 32.0 Å². The van der Waals surface area contributed by atoms with Crippen molar-refractivity contribution in [3.05, 3.63) is 62.2 Å². The number of fused-ring (bicyclic) bond motifs is 1.